The Kier molecular flexibility index (Phi) is 4.84. The van der Waals surface area contributed by atoms with E-state index in [1.54, 1.807) is 5.51 Å². The van der Waals surface area contributed by atoms with Crippen molar-refractivity contribution < 1.29 is 18.1 Å². The highest BCUT2D eigenvalue weighted by atomic mass is 32.1. The maximum Gasteiger partial charge on any atom is 0.320 e. The van der Waals surface area contributed by atoms with Crippen LogP contribution in [0.25, 0.3) is 0 Å². The van der Waals surface area contributed by atoms with E-state index in [2.05, 4.69) is 25.3 Å². The fourth-order valence-electron chi connectivity index (χ4n) is 1.59. The number of nitrogens with one attached hydrogen (secondary N) is 2. The molecule has 2 aromatic heterocycles. The zero-order valence-electron chi connectivity index (χ0n) is 11.4. The van der Waals surface area contributed by atoms with Crippen molar-refractivity contribution in [3.63, 3.8) is 0 Å². The Labute approximate surface area is 123 Å². The summed E-state index contributed by atoms with van der Waals surface area (Å²) in [6, 6.07) is 0.653. The van der Waals surface area contributed by atoms with Gasteiger partial charge in [0.05, 0.1) is 17.7 Å². The number of nitrogens with zero attached hydrogens (tertiary/aromatic N) is 2. The molecule has 2 rings (SSSR count). The molecule has 0 bridgehead atoms. The van der Waals surface area contributed by atoms with Crippen molar-refractivity contribution in [3.8, 4) is 0 Å². The van der Waals surface area contributed by atoms with E-state index in [9.17, 15) is 13.6 Å². The molecule has 2 heterocycles. The van der Waals surface area contributed by atoms with Crippen molar-refractivity contribution in [2.75, 3.05) is 5.32 Å². The van der Waals surface area contributed by atoms with Gasteiger partial charge in [-0.2, -0.15) is 0 Å². The van der Waals surface area contributed by atoms with Crippen LogP contribution in [0.2, 0.25) is 0 Å². The number of anilines is 1. The molecule has 2 N–H and O–H groups in total. The molecule has 21 heavy (non-hydrogen) atoms. The first-order chi connectivity index (χ1) is 9.97. The van der Waals surface area contributed by atoms with Crippen molar-refractivity contribution in [3.05, 3.63) is 28.7 Å². The number of alkyl halides is 2. The van der Waals surface area contributed by atoms with Crippen molar-refractivity contribution in [1.82, 2.24) is 15.5 Å². The van der Waals surface area contributed by atoms with Crippen LogP contribution < -0.4 is 10.6 Å². The molecule has 2 amide bonds. The first-order valence-electron chi connectivity index (χ1n) is 6.19. The van der Waals surface area contributed by atoms with Gasteiger partial charge in [0.1, 0.15) is 10.7 Å². The Hall–Kier alpha value is -2.03. The van der Waals surface area contributed by atoms with Crippen LogP contribution in [0, 0.1) is 0 Å². The summed E-state index contributed by atoms with van der Waals surface area (Å²) in [7, 11) is 0. The minimum Gasteiger partial charge on any atom is -0.355 e. The first-order valence-corrected chi connectivity index (χ1v) is 7.07. The summed E-state index contributed by atoms with van der Waals surface area (Å²) in [6.07, 6.45) is -2.72. The third kappa shape index (κ3) is 3.97. The van der Waals surface area contributed by atoms with Crippen molar-refractivity contribution >= 4 is 22.4 Å². The molecule has 6 nitrogen and oxygen atoms in total. The Morgan fingerprint density at radius 2 is 2.24 bits per heavy atom. The molecule has 0 fully saturated rings. The van der Waals surface area contributed by atoms with Gasteiger partial charge in [0.25, 0.3) is 6.43 Å². The molecule has 0 aliphatic heterocycles. The van der Waals surface area contributed by atoms with Gasteiger partial charge in [-0.25, -0.2) is 18.6 Å². The standard InChI is InChI=1S/C12H14F2N4O2S/c1-6(2)9-11(21-5-16-9)17-12(19)15-4-7-3-8(10(13)14)20-18-7/h3,5-6,10H,4H2,1-2H3,(H2,15,17,19). The monoisotopic (exact) mass is 316 g/mol. The Bertz CT molecular complexity index is 612. The lowest BCUT2D eigenvalue weighted by Crippen LogP contribution is -2.28. The average Bonchev–Trinajstić information content (AvgIpc) is 3.04. The lowest BCUT2D eigenvalue weighted by atomic mass is 10.1. The number of carbonyl (C=O) groups is 1. The van der Waals surface area contributed by atoms with Gasteiger partial charge < -0.3 is 9.84 Å². The Balaban J connectivity index is 1.88. The van der Waals surface area contributed by atoms with Gasteiger partial charge in [-0.05, 0) is 5.92 Å². The van der Waals surface area contributed by atoms with Crippen LogP contribution in [0.3, 0.4) is 0 Å². The average molecular weight is 316 g/mol. The maximum atomic E-state index is 12.3. The molecule has 114 valence electrons. The highest BCUT2D eigenvalue weighted by Gasteiger charge is 2.15. The van der Waals surface area contributed by atoms with Gasteiger partial charge in [-0.1, -0.05) is 19.0 Å². The van der Waals surface area contributed by atoms with Gasteiger partial charge in [0, 0.05) is 6.07 Å². The molecular formula is C12H14F2N4O2S. The van der Waals surface area contributed by atoms with E-state index in [1.165, 1.54) is 11.3 Å². The van der Waals surface area contributed by atoms with Crippen LogP contribution in [0.1, 0.15) is 43.3 Å². The zero-order valence-corrected chi connectivity index (χ0v) is 12.2. The molecule has 0 aliphatic carbocycles. The number of aromatic nitrogens is 2. The molecule has 0 spiro atoms. The minimum atomic E-state index is -2.72. The number of halogens is 2. The van der Waals surface area contributed by atoms with E-state index >= 15 is 0 Å². The quantitative estimate of drug-likeness (QED) is 0.884. The number of hydrogen-bond donors (Lipinski definition) is 2. The number of hydrogen-bond acceptors (Lipinski definition) is 5. The molecule has 0 saturated heterocycles. The van der Waals surface area contributed by atoms with Gasteiger partial charge >= 0.3 is 6.03 Å². The van der Waals surface area contributed by atoms with E-state index in [0.717, 1.165) is 11.8 Å². The highest BCUT2D eigenvalue weighted by Crippen LogP contribution is 2.26. The second kappa shape index (κ2) is 6.61. The summed E-state index contributed by atoms with van der Waals surface area (Å²) in [5.41, 5.74) is 2.68. The predicted octanol–water partition coefficient (Wildman–Crippen LogP) is 3.51. The first kappa shape index (κ1) is 15.4. The topological polar surface area (TPSA) is 80.0 Å². The largest absolute Gasteiger partial charge is 0.355 e. The van der Waals surface area contributed by atoms with Gasteiger partial charge in [0.2, 0.25) is 5.76 Å². The number of carbonyl (C=O) groups excluding carboxylic acids is 1. The number of rotatable bonds is 5. The van der Waals surface area contributed by atoms with Crippen LogP contribution in [-0.2, 0) is 6.54 Å². The molecule has 0 aromatic carbocycles. The molecule has 9 heteroatoms. The lowest BCUT2D eigenvalue weighted by Gasteiger charge is -2.07. The summed E-state index contributed by atoms with van der Waals surface area (Å²) < 4.78 is 29.1. The fraction of sp³-hybridized carbons (Fsp3) is 0.417. The zero-order chi connectivity index (χ0) is 15.4. The molecule has 0 unspecified atom stereocenters. The van der Waals surface area contributed by atoms with Crippen LogP contribution >= 0.6 is 11.3 Å². The molecule has 0 aliphatic rings. The number of thiazole rings is 1. The van der Waals surface area contributed by atoms with E-state index in [-0.39, 0.29) is 18.2 Å². The highest BCUT2D eigenvalue weighted by molar-refractivity contribution is 7.14. The van der Waals surface area contributed by atoms with Crippen LogP contribution in [0.15, 0.2) is 16.1 Å². The van der Waals surface area contributed by atoms with Crippen molar-refractivity contribution in [1.29, 1.82) is 0 Å². The van der Waals surface area contributed by atoms with Gasteiger partial charge in [-0.15, -0.1) is 11.3 Å². The molecule has 2 aromatic rings. The normalized spacial score (nSPS) is 11.1. The number of amides is 2. The van der Waals surface area contributed by atoms with E-state index in [1.807, 2.05) is 13.8 Å². The van der Waals surface area contributed by atoms with Crippen LogP contribution in [-0.4, -0.2) is 16.2 Å². The molecule has 0 radical (unpaired) electrons. The third-order valence-electron chi connectivity index (χ3n) is 2.59. The fourth-order valence-corrected chi connectivity index (χ4v) is 2.42. The van der Waals surface area contributed by atoms with Crippen molar-refractivity contribution in [2.45, 2.75) is 32.7 Å². The summed E-state index contributed by atoms with van der Waals surface area (Å²) >= 11 is 1.32. The summed E-state index contributed by atoms with van der Waals surface area (Å²) in [4.78, 5) is 15.9. The summed E-state index contributed by atoms with van der Waals surface area (Å²) in [6.45, 7) is 3.94. The predicted molar refractivity (Wildman–Crippen MR) is 73.5 cm³/mol. The van der Waals surface area contributed by atoms with Crippen LogP contribution in [0.5, 0.6) is 0 Å². The molecule has 0 atom stereocenters. The Morgan fingerprint density at radius 3 is 2.86 bits per heavy atom. The second-order valence-corrected chi connectivity index (χ2v) is 5.41. The molecular weight excluding hydrogens is 302 g/mol. The van der Waals surface area contributed by atoms with Gasteiger partial charge in [-0.3, -0.25) is 5.32 Å². The molecule has 0 saturated carbocycles. The van der Waals surface area contributed by atoms with E-state index in [4.69, 9.17) is 0 Å². The lowest BCUT2D eigenvalue weighted by molar-refractivity contribution is 0.112. The van der Waals surface area contributed by atoms with E-state index < -0.39 is 18.2 Å². The third-order valence-corrected chi connectivity index (χ3v) is 3.35. The maximum absolute atomic E-state index is 12.3. The minimum absolute atomic E-state index is 0.00211. The second-order valence-electron chi connectivity index (χ2n) is 4.55. The van der Waals surface area contributed by atoms with Gasteiger partial charge in [0.15, 0.2) is 0 Å². The van der Waals surface area contributed by atoms with Crippen LogP contribution in [0.4, 0.5) is 18.6 Å². The SMILES string of the molecule is CC(C)c1ncsc1NC(=O)NCc1cc(C(F)F)on1. The smallest absolute Gasteiger partial charge is 0.320 e. The van der Waals surface area contributed by atoms with E-state index in [0.29, 0.717) is 5.00 Å². The summed E-state index contributed by atoms with van der Waals surface area (Å²) in [5, 5.41) is 9.30. The number of urea groups is 1. The Morgan fingerprint density at radius 1 is 1.48 bits per heavy atom. The van der Waals surface area contributed by atoms with Crippen molar-refractivity contribution in [2.24, 2.45) is 0 Å². The summed E-state index contributed by atoms with van der Waals surface area (Å²) in [5.74, 6) is -0.326.